The van der Waals surface area contributed by atoms with Crippen LogP contribution in [0.3, 0.4) is 0 Å². The van der Waals surface area contributed by atoms with Crippen molar-refractivity contribution in [1.29, 1.82) is 10.7 Å². The van der Waals surface area contributed by atoms with Crippen LogP contribution in [0.4, 0.5) is 0 Å². The van der Waals surface area contributed by atoms with E-state index in [9.17, 15) is 9.59 Å². The van der Waals surface area contributed by atoms with Crippen LogP contribution in [0.25, 0.3) is 0 Å². The highest BCUT2D eigenvalue weighted by Gasteiger charge is 2.23. The molecule has 196 valence electrons. The van der Waals surface area contributed by atoms with Crippen molar-refractivity contribution in [2.45, 2.75) is 38.1 Å². The molecule has 10 heteroatoms. The maximum absolute atomic E-state index is 12.6. The lowest BCUT2D eigenvalue weighted by Crippen LogP contribution is -2.56. The lowest BCUT2D eigenvalue weighted by Gasteiger charge is -2.32. The summed E-state index contributed by atoms with van der Waals surface area (Å²) in [4.78, 5) is 25.4. The van der Waals surface area contributed by atoms with Gasteiger partial charge in [-0.05, 0) is 67.8 Å². The number of likely N-dealkylation sites (tertiary alicyclic amines) is 1. The molecule has 0 aliphatic carbocycles. The van der Waals surface area contributed by atoms with Crippen molar-refractivity contribution in [2.24, 2.45) is 0 Å². The molecule has 2 aromatic carbocycles. The van der Waals surface area contributed by atoms with E-state index in [1.54, 1.807) is 35.2 Å². The van der Waals surface area contributed by atoms with Crippen LogP contribution >= 0.6 is 11.6 Å². The molecule has 0 spiro atoms. The third-order valence-corrected chi connectivity index (χ3v) is 6.41. The Morgan fingerprint density at radius 3 is 2.65 bits per heavy atom. The molecule has 1 fully saturated rings. The van der Waals surface area contributed by atoms with Crippen LogP contribution in [0.2, 0.25) is 5.02 Å². The summed E-state index contributed by atoms with van der Waals surface area (Å²) in [6.07, 6.45) is 3.09. The fourth-order valence-corrected chi connectivity index (χ4v) is 4.24. The molecule has 0 unspecified atom stereocenters. The van der Waals surface area contributed by atoms with Gasteiger partial charge in [0.25, 0.3) is 5.91 Å². The quantitative estimate of drug-likeness (QED) is 0.270. The molecule has 3 rings (SSSR count). The highest BCUT2D eigenvalue weighted by molar-refractivity contribution is 6.32. The van der Waals surface area contributed by atoms with Crippen molar-refractivity contribution in [3.63, 3.8) is 0 Å². The molecule has 1 saturated heterocycles. The number of carbonyl (C=O) groups excluding carboxylic acids is 2. The van der Waals surface area contributed by atoms with Gasteiger partial charge < -0.3 is 25.1 Å². The lowest BCUT2D eigenvalue weighted by atomic mass is 10.0. The van der Waals surface area contributed by atoms with E-state index in [1.807, 2.05) is 12.1 Å². The summed E-state index contributed by atoms with van der Waals surface area (Å²) in [6.45, 7) is 2.60. The average Bonchev–Trinajstić information content (AvgIpc) is 2.91. The van der Waals surface area contributed by atoms with Gasteiger partial charge in [-0.25, -0.2) is 4.79 Å². The number of hydrogen-bond donors (Lipinski definition) is 3. The van der Waals surface area contributed by atoms with Crippen molar-refractivity contribution < 1.29 is 24.8 Å². The second-order valence-electron chi connectivity index (χ2n) is 8.90. The molecule has 5 N–H and O–H groups in total. The molecule has 9 nitrogen and oxygen atoms in total. The first-order chi connectivity index (χ1) is 17.9. The molecule has 2 aromatic rings. The van der Waals surface area contributed by atoms with Gasteiger partial charge in [0.05, 0.1) is 29.7 Å². The summed E-state index contributed by atoms with van der Waals surface area (Å²) in [5, 5.41) is 20.9. The number of nitrogens with zero attached hydrogens (tertiary/aromatic N) is 2. The van der Waals surface area contributed by atoms with Crippen LogP contribution in [0.5, 0.6) is 11.5 Å². The Bertz CT molecular complexity index is 1140. The number of hydrogen-bond acceptors (Lipinski definition) is 7. The van der Waals surface area contributed by atoms with Gasteiger partial charge >= 0.3 is 5.91 Å². The molecular weight excluding hydrogens is 494 g/mol. The number of piperidine rings is 1. The highest BCUT2D eigenvalue weighted by atomic mass is 35.5. The standard InChI is InChI=1S/C27H32ClN5O4/c28-23-16-20(24(30)6-8-26(31)34)5-7-25(23)37-18-27(35)33-12-9-21(10-13-33)32-11-2-14-36-22-4-1-3-19(15-22)17-29/h1,3-5,7,15-16,21,30,32H,2,6,8-14,18H2,(H2,31,34)/p+1. The number of quaternary nitrogens is 1. The van der Waals surface area contributed by atoms with E-state index in [1.165, 1.54) is 0 Å². The van der Waals surface area contributed by atoms with Gasteiger partial charge in [-0.15, -0.1) is 0 Å². The molecule has 0 aromatic heterocycles. The monoisotopic (exact) mass is 526 g/mol. The first kappa shape index (κ1) is 28.1. The molecule has 1 heterocycles. The molecular formula is C27H33ClN5O4+. The fraction of sp³-hybridized carbons (Fsp3) is 0.407. The molecule has 0 saturated carbocycles. The SMILES string of the molecule is N#Cc1cccc(OCCCNC2CCN(C(=O)COc3ccc(C(=N)CCC([NH3+])=O)cc3Cl)CC2)c1. The topological polar surface area (TPSA) is 143 Å². The summed E-state index contributed by atoms with van der Waals surface area (Å²) in [5.74, 6) is 0.789. The Balaban J connectivity index is 1.32. The van der Waals surface area contributed by atoms with Gasteiger partial charge in [0, 0.05) is 31.3 Å². The summed E-state index contributed by atoms with van der Waals surface area (Å²) < 4.78 is 11.4. The smallest absolute Gasteiger partial charge is 0.309 e. The Hall–Kier alpha value is -3.45. The first-order valence-electron chi connectivity index (χ1n) is 12.3. The zero-order chi connectivity index (χ0) is 26.6. The minimum absolute atomic E-state index is 0.0895. The third-order valence-electron chi connectivity index (χ3n) is 6.12. The molecule has 0 atom stereocenters. The first-order valence-corrected chi connectivity index (χ1v) is 12.7. The minimum atomic E-state index is -0.209. The zero-order valence-corrected chi connectivity index (χ0v) is 21.6. The second-order valence-corrected chi connectivity index (χ2v) is 9.31. The summed E-state index contributed by atoms with van der Waals surface area (Å²) in [5.41, 5.74) is 4.82. The normalized spacial score (nSPS) is 13.6. The second kappa shape index (κ2) is 14.3. The van der Waals surface area contributed by atoms with Crippen LogP contribution in [-0.4, -0.2) is 61.3 Å². The molecule has 0 bridgehead atoms. The zero-order valence-electron chi connectivity index (χ0n) is 20.8. The Kier molecular flexibility index (Phi) is 10.9. The molecule has 1 aliphatic rings. The van der Waals surface area contributed by atoms with Gasteiger partial charge in [-0.1, -0.05) is 17.7 Å². The third kappa shape index (κ3) is 9.17. The number of nitriles is 1. The van der Waals surface area contributed by atoms with Crippen LogP contribution in [0.15, 0.2) is 42.5 Å². The largest absolute Gasteiger partial charge is 0.494 e. The Labute approximate surface area is 222 Å². The van der Waals surface area contributed by atoms with Gasteiger partial charge in [-0.3, -0.25) is 10.5 Å². The van der Waals surface area contributed by atoms with E-state index in [0.29, 0.717) is 65.5 Å². The predicted octanol–water partition coefficient (Wildman–Crippen LogP) is 2.56. The van der Waals surface area contributed by atoms with E-state index >= 15 is 0 Å². The summed E-state index contributed by atoms with van der Waals surface area (Å²) in [7, 11) is 0. The average molecular weight is 527 g/mol. The Morgan fingerprint density at radius 1 is 1.16 bits per heavy atom. The van der Waals surface area contributed by atoms with Crippen molar-refractivity contribution in [3.8, 4) is 17.6 Å². The van der Waals surface area contributed by atoms with Crippen LogP contribution in [0.1, 0.15) is 43.2 Å². The summed E-state index contributed by atoms with van der Waals surface area (Å²) >= 11 is 6.29. The van der Waals surface area contributed by atoms with Crippen molar-refractivity contribution in [1.82, 2.24) is 10.2 Å². The summed E-state index contributed by atoms with van der Waals surface area (Å²) in [6, 6.07) is 14.5. The number of ether oxygens (including phenoxy) is 2. The van der Waals surface area contributed by atoms with E-state index in [4.69, 9.17) is 31.7 Å². The van der Waals surface area contributed by atoms with Crippen molar-refractivity contribution >= 4 is 29.1 Å². The highest BCUT2D eigenvalue weighted by Crippen LogP contribution is 2.26. The Morgan fingerprint density at radius 2 is 1.95 bits per heavy atom. The molecule has 2 amide bonds. The van der Waals surface area contributed by atoms with E-state index in [0.717, 1.165) is 25.8 Å². The number of nitrogens with one attached hydrogen (secondary N) is 2. The molecule has 37 heavy (non-hydrogen) atoms. The number of halogens is 1. The van der Waals surface area contributed by atoms with Crippen LogP contribution in [0, 0.1) is 16.7 Å². The van der Waals surface area contributed by atoms with Crippen molar-refractivity contribution in [3.05, 3.63) is 58.6 Å². The number of amides is 2. The molecule has 0 radical (unpaired) electrons. The lowest BCUT2D eigenvalue weighted by molar-refractivity contribution is -0.305. The van der Waals surface area contributed by atoms with Crippen LogP contribution in [-0.2, 0) is 9.59 Å². The molecule has 1 aliphatic heterocycles. The minimum Gasteiger partial charge on any atom is -0.494 e. The maximum Gasteiger partial charge on any atom is 0.309 e. The predicted molar refractivity (Wildman–Crippen MR) is 140 cm³/mol. The van der Waals surface area contributed by atoms with E-state index < -0.39 is 0 Å². The number of carbonyl (C=O) groups is 2. The van der Waals surface area contributed by atoms with E-state index in [-0.39, 0.29) is 24.8 Å². The van der Waals surface area contributed by atoms with Gasteiger partial charge in [-0.2, -0.15) is 5.26 Å². The fourth-order valence-electron chi connectivity index (χ4n) is 4.00. The van der Waals surface area contributed by atoms with Crippen molar-refractivity contribution in [2.75, 3.05) is 32.8 Å². The number of benzene rings is 2. The van der Waals surface area contributed by atoms with Crippen LogP contribution < -0.4 is 20.5 Å². The van der Waals surface area contributed by atoms with E-state index in [2.05, 4.69) is 17.1 Å². The maximum atomic E-state index is 12.6. The van der Waals surface area contributed by atoms with Gasteiger partial charge in [0.1, 0.15) is 11.5 Å². The van der Waals surface area contributed by atoms with Gasteiger partial charge in [0.15, 0.2) is 6.61 Å². The van der Waals surface area contributed by atoms with Gasteiger partial charge in [0.2, 0.25) is 0 Å². The number of rotatable bonds is 13.